The molecule has 0 heterocycles. The SMILES string of the molecule is CCCCN(CC(=O)c1ccc(Br)cc1)Cc1ccccc1. The van der Waals surface area contributed by atoms with E-state index in [2.05, 4.69) is 39.9 Å². The highest BCUT2D eigenvalue weighted by Gasteiger charge is 2.12. The highest BCUT2D eigenvalue weighted by molar-refractivity contribution is 9.10. The molecule has 2 aromatic rings. The third-order valence-electron chi connectivity index (χ3n) is 3.61. The van der Waals surface area contributed by atoms with Crippen LogP contribution in [-0.2, 0) is 6.54 Å². The van der Waals surface area contributed by atoms with E-state index < -0.39 is 0 Å². The molecule has 0 radical (unpaired) electrons. The lowest BCUT2D eigenvalue weighted by Crippen LogP contribution is -2.30. The van der Waals surface area contributed by atoms with E-state index in [0.29, 0.717) is 6.54 Å². The maximum absolute atomic E-state index is 12.5. The van der Waals surface area contributed by atoms with Gasteiger partial charge in [0.1, 0.15) is 0 Å². The van der Waals surface area contributed by atoms with Gasteiger partial charge in [-0.25, -0.2) is 0 Å². The number of ketones is 1. The quantitative estimate of drug-likeness (QED) is 0.622. The number of nitrogens with zero attached hydrogens (tertiary/aromatic N) is 1. The van der Waals surface area contributed by atoms with Crippen LogP contribution >= 0.6 is 15.9 Å². The maximum Gasteiger partial charge on any atom is 0.176 e. The molecule has 0 saturated heterocycles. The first-order valence-electron chi connectivity index (χ1n) is 7.74. The Hall–Kier alpha value is -1.45. The Morgan fingerprint density at radius 3 is 2.36 bits per heavy atom. The summed E-state index contributed by atoms with van der Waals surface area (Å²) in [7, 11) is 0. The van der Waals surface area contributed by atoms with Crippen LogP contribution in [0.25, 0.3) is 0 Å². The lowest BCUT2D eigenvalue weighted by Gasteiger charge is -2.21. The molecule has 0 aromatic heterocycles. The van der Waals surface area contributed by atoms with E-state index in [0.717, 1.165) is 36.0 Å². The fraction of sp³-hybridized carbons (Fsp3) is 0.316. The Balaban J connectivity index is 2.02. The van der Waals surface area contributed by atoms with Crippen molar-refractivity contribution in [1.82, 2.24) is 4.90 Å². The standard InChI is InChI=1S/C19H22BrNO/c1-2-3-13-21(14-16-7-5-4-6-8-16)15-19(22)17-9-11-18(20)12-10-17/h4-12H,2-3,13-15H2,1H3. The van der Waals surface area contributed by atoms with Crippen LogP contribution in [0.4, 0.5) is 0 Å². The highest BCUT2D eigenvalue weighted by Crippen LogP contribution is 2.13. The van der Waals surface area contributed by atoms with Gasteiger partial charge in [0, 0.05) is 16.6 Å². The minimum Gasteiger partial charge on any atom is -0.293 e. The summed E-state index contributed by atoms with van der Waals surface area (Å²) >= 11 is 3.40. The van der Waals surface area contributed by atoms with Crippen LogP contribution in [0.1, 0.15) is 35.7 Å². The number of rotatable bonds is 8. The first-order chi connectivity index (χ1) is 10.7. The lowest BCUT2D eigenvalue weighted by molar-refractivity contribution is 0.0924. The molecule has 0 bridgehead atoms. The van der Waals surface area contributed by atoms with Crippen molar-refractivity contribution in [3.8, 4) is 0 Å². The van der Waals surface area contributed by atoms with Crippen molar-refractivity contribution < 1.29 is 4.79 Å². The fourth-order valence-electron chi connectivity index (χ4n) is 2.37. The molecule has 116 valence electrons. The van der Waals surface area contributed by atoms with Crippen LogP contribution in [0.2, 0.25) is 0 Å². The van der Waals surface area contributed by atoms with Gasteiger partial charge >= 0.3 is 0 Å². The average molecular weight is 360 g/mol. The molecular formula is C19H22BrNO. The van der Waals surface area contributed by atoms with Crippen molar-refractivity contribution in [3.05, 3.63) is 70.2 Å². The van der Waals surface area contributed by atoms with Crippen LogP contribution < -0.4 is 0 Å². The highest BCUT2D eigenvalue weighted by atomic mass is 79.9. The summed E-state index contributed by atoms with van der Waals surface area (Å²) < 4.78 is 0.996. The third-order valence-corrected chi connectivity index (χ3v) is 4.14. The first kappa shape index (κ1) is 16.9. The van der Waals surface area contributed by atoms with E-state index in [1.165, 1.54) is 5.56 Å². The molecular weight excluding hydrogens is 338 g/mol. The summed E-state index contributed by atoms with van der Waals surface area (Å²) in [5, 5.41) is 0. The van der Waals surface area contributed by atoms with Crippen molar-refractivity contribution in [3.63, 3.8) is 0 Å². The van der Waals surface area contributed by atoms with Crippen molar-refractivity contribution in [2.75, 3.05) is 13.1 Å². The minimum absolute atomic E-state index is 0.180. The summed E-state index contributed by atoms with van der Waals surface area (Å²) in [6.07, 6.45) is 2.25. The lowest BCUT2D eigenvalue weighted by atomic mass is 10.1. The summed E-state index contributed by atoms with van der Waals surface area (Å²) in [5.74, 6) is 0.180. The van der Waals surface area contributed by atoms with Crippen LogP contribution in [0.5, 0.6) is 0 Å². The Morgan fingerprint density at radius 2 is 1.73 bits per heavy atom. The minimum atomic E-state index is 0.180. The molecule has 2 nitrogen and oxygen atoms in total. The van der Waals surface area contributed by atoms with Gasteiger partial charge in [-0.1, -0.05) is 71.7 Å². The zero-order valence-corrected chi connectivity index (χ0v) is 14.6. The number of carbonyl (C=O) groups is 1. The Labute approximate surface area is 141 Å². The largest absolute Gasteiger partial charge is 0.293 e. The van der Waals surface area contributed by atoms with Gasteiger partial charge in [0.25, 0.3) is 0 Å². The number of benzene rings is 2. The topological polar surface area (TPSA) is 20.3 Å². The molecule has 0 aliphatic rings. The van der Waals surface area contributed by atoms with Gasteiger partial charge in [-0.3, -0.25) is 9.69 Å². The number of hydrogen-bond donors (Lipinski definition) is 0. The molecule has 22 heavy (non-hydrogen) atoms. The van der Waals surface area contributed by atoms with Crippen molar-refractivity contribution in [1.29, 1.82) is 0 Å². The molecule has 0 aliphatic carbocycles. The number of carbonyl (C=O) groups excluding carboxylic acids is 1. The van der Waals surface area contributed by atoms with Crippen LogP contribution in [0.3, 0.4) is 0 Å². The first-order valence-corrected chi connectivity index (χ1v) is 8.53. The van der Waals surface area contributed by atoms with Gasteiger partial charge in [0.05, 0.1) is 6.54 Å². The van der Waals surface area contributed by atoms with Crippen molar-refractivity contribution >= 4 is 21.7 Å². The second kappa shape index (κ2) is 8.86. The number of halogens is 1. The van der Waals surface area contributed by atoms with Gasteiger partial charge in [-0.15, -0.1) is 0 Å². The molecule has 0 fully saturated rings. The van der Waals surface area contributed by atoms with E-state index in [9.17, 15) is 4.79 Å². The van der Waals surface area contributed by atoms with E-state index >= 15 is 0 Å². The van der Waals surface area contributed by atoms with Gasteiger partial charge < -0.3 is 0 Å². The molecule has 0 N–H and O–H groups in total. The van der Waals surface area contributed by atoms with Gasteiger partial charge in [0.15, 0.2) is 5.78 Å². The number of hydrogen-bond acceptors (Lipinski definition) is 2. The van der Waals surface area contributed by atoms with Gasteiger partial charge in [-0.2, -0.15) is 0 Å². The average Bonchev–Trinajstić information content (AvgIpc) is 2.54. The van der Waals surface area contributed by atoms with E-state index in [1.54, 1.807) is 0 Å². The number of unbranched alkanes of at least 4 members (excludes halogenated alkanes) is 1. The predicted molar refractivity (Wildman–Crippen MR) is 95.1 cm³/mol. The predicted octanol–water partition coefficient (Wildman–Crippen LogP) is 4.93. The summed E-state index contributed by atoms with van der Waals surface area (Å²) in [4.78, 5) is 14.7. The number of Topliss-reactive ketones (excluding diaryl/α,β-unsaturated/α-hetero) is 1. The second-order valence-corrected chi connectivity index (χ2v) is 6.40. The molecule has 2 rings (SSSR count). The molecule has 0 atom stereocenters. The molecule has 3 heteroatoms. The van der Waals surface area contributed by atoms with Crippen molar-refractivity contribution in [2.24, 2.45) is 0 Å². The van der Waals surface area contributed by atoms with E-state index in [4.69, 9.17) is 0 Å². The zero-order valence-electron chi connectivity index (χ0n) is 13.0. The Morgan fingerprint density at radius 1 is 1.05 bits per heavy atom. The van der Waals surface area contributed by atoms with Gasteiger partial charge in [-0.05, 0) is 30.7 Å². The summed E-state index contributed by atoms with van der Waals surface area (Å²) in [5.41, 5.74) is 2.03. The van der Waals surface area contributed by atoms with E-state index in [1.807, 2.05) is 42.5 Å². The fourth-order valence-corrected chi connectivity index (χ4v) is 2.63. The molecule has 0 spiro atoms. The molecule has 0 unspecified atom stereocenters. The smallest absolute Gasteiger partial charge is 0.176 e. The molecule has 0 amide bonds. The third kappa shape index (κ3) is 5.39. The van der Waals surface area contributed by atoms with Crippen LogP contribution in [-0.4, -0.2) is 23.8 Å². The molecule has 0 saturated carbocycles. The summed E-state index contributed by atoms with van der Waals surface area (Å²) in [6.45, 7) is 4.42. The van der Waals surface area contributed by atoms with Gasteiger partial charge in [0.2, 0.25) is 0 Å². The van der Waals surface area contributed by atoms with E-state index in [-0.39, 0.29) is 5.78 Å². The normalized spacial score (nSPS) is 10.9. The van der Waals surface area contributed by atoms with Crippen LogP contribution in [0, 0.1) is 0 Å². The Kier molecular flexibility index (Phi) is 6.81. The maximum atomic E-state index is 12.5. The monoisotopic (exact) mass is 359 g/mol. The molecule has 0 aliphatic heterocycles. The second-order valence-electron chi connectivity index (χ2n) is 5.48. The Bertz CT molecular complexity index is 580. The summed E-state index contributed by atoms with van der Waals surface area (Å²) in [6, 6.07) is 17.9. The van der Waals surface area contributed by atoms with Crippen LogP contribution in [0.15, 0.2) is 59.1 Å². The molecule has 2 aromatic carbocycles. The van der Waals surface area contributed by atoms with Crippen molar-refractivity contribution in [2.45, 2.75) is 26.3 Å². The zero-order chi connectivity index (χ0) is 15.8.